The number of benzene rings is 1. The second-order valence-electron chi connectivity index (χ2n) is 6.37. The number of carbonyl (C=O) groups excluding carboxylic acids is 2. The lowest BCUT2D eigenvalue weighted by molar-refractivity contribution is -0.137. The Labute approximate surface area is 142 Å². The number of carboxylic acids is 1. The molecule has 0 bridgehead atoms. The Morgan fingerprint density at radius 3 is 2.54 bits per heavy atom. The number of carboxylic acid groups (broad SMARTS) is 1. The molecule has 5 nitrogen and oxygen atoms in total. The van der Waals surface area contributed by atoms with Gasteiger partial charge in [-0.05, 0) is 24.8 Å². The highest BCUT2D eigenvalue weighted by Crippen LogP contribution is 2.28. The van der Waals surface area contributed by atoms with Crippen molar-refractivity contribution in [2.75, 3.05) is 0 Å². The molecule has 5 heteroatoms. The quantitative estimate of drug-likeness (QED) is 0.666. The van der Waals surface area contributed by atoms with E-state index in [0.717, 1.165) is 5.56 Å². The van der Waals surface area contributed by atoms with Crippen LogP contribution in [0.1, 0.15) is 50.5 Å². The van der Waals surface area contributed by atoms with E-state index in [1.807, 2.05) is 30.3 Å². The smallest absolute Gasteiger partial charge is 0.303 e. The minimum absolute atomic E-state index is 0.0439. The topological polar surface area (TPSA) is 80.7 Å². The molecule has 0 amide bonds. The molecule has 1 aliphatic rings. The summed E-state index contributed by atoms with van der Waals surface area (Å²) in [4.78, 5) is 34.4. The molecule has 0 heterocycles. The maximum atomic E-state index is 12.0. The number of rotatable bonds is 10. The van der Waals surface area contributed by atoms with E-state index in [2.05, 4.69) is 0 Å². The minimum Gasteiger partial charge on any atom is -0.481 e. The number of ketones is 2. The van der Waals surface area contributed by atoms with Crippen LogP contribution in [0.2, 0.25) is 0 Å². The Balaban J connectivity index is 1.68. The third-order valence-electron chi connectivity index (χ3n) is 4.33. The number of Topliss-reactive ketones (excluding diaryl/α,β-unsaturated/α-hetero) is 2. The first-order valence-corrected chi connectivity index (χ1v) is 8.46. The lowest BCUT2D eigenvalue weighted by Crippen LogP contribution is -2.13. The molecule has 1 aliphatic carbocycles. The van der Waals surface area contributed by atoms with Crippen molar-refractivity contribution in [2.24, 2.45) is 5.92 Å². The first kappa shape index (κ1) is 18.3. The number of carbonyl (C=O) groups is 3. The summed E-state index contributed by atoms with van der Waals surface area (Å²) in [5, 5.41) is 8.56. The second kappa shape index (κ2) is 9.33. The summed E-state index contributed by atoms with van der Waals surface area (Å²) in [7, 11) is 0. The van der Waals surface area contributed by atoms with E-state index in [0.29, 0.717) is 38.7 Å². The van der Waals surface area contributed by atoms with Gasteiger partial charge in [0.05, 0.1) is 12.7 Å². The van der Waals surface area contributed by atoms with Crippen LogP contribution in [0.15, 0.2) is 30.3 Å². The average Bonchev–Trinajstić information content (AvgIpc) is 2.90. The molecule has 130 valence electrons. The SMILES string of the molecule is O=C(O)CCCCC(=O)C[C@@H]1C[C@H](OCc2ccccc2)CC1=O. The number of unbranched alkanes of at least 4 members (excludes halogenated alkanes) is 1. The summed E-state index contributed by atoms with van der Waals surface area (Å²) >= 11 is 0. The zero-order chi connectivity index (χ0) is 17.4. The van der Waals surface area contributed by atoms with Crippen molar-refractivity contribution in [2.45, 2.75) is 57.7 Å². The van der Waals surface area contributed by atoms with Gasteiger partial charge in [-0.25, -0.2) is 0 Å². The third kappa shape index (κ3) is 6.24. The maximum absolute atomic E-state index is 12.0. The molecule has 0 radical (unpaired) electrons. The van der Waals surface area contributed by atoms with Crippen molar-refractivity contribution in [1.29, 1.82) is 0 Å². The van der Waals surface area contributed by atoms with E-state index < -0.39 is 5.97 Å². The molecule has 0 aromatic heterocycles. The van der Waals surface area contributed by atoms with Gasteiger partial charge in [0.15, 0.2) is 0 Å². The fraction of sp³-hybridized carbons (Fsp3) is 0.526. The lowest BCUT2D eigenvalue weighted by atomic mass is 9.97. The van der Waals surface area contributed by atoms with E-state index in [-0.39, 0.29) is 36.4 Å². The van der Waals surface area contributed by atoms with Crippen molar-refractivity contribution < 1.29 is 24.2 Å². The highest BCUT2D eigenvalue weighted by molar-refractivity contribution is 5.89. The summed E-state index contributed by atoms with van der Waals surface area (Å²) < 4.78 is 5.80. The lowest BCUT2D eigenvalue weighted by Gasteiger charge is -2.11. The molecule has 1 aromatic rings. The average molecular weight is 332 g/mol. The molecule has 0 saturated heterocycles. The Morgan fingerprint density at radius 2 is 1.83 bits per heavy atom. The van der Waals surface area contributed by atoms with Crippen LogP contribution in [0, 0.1) is 5.92 Å². The van der Waals surface area contributed by atoms with E-state index in [1.54, 1.807) is 0 Å². The fourth-order valence-corrected chi connectivity index (χ4v) is 3.01. The first-order valence-electron chi connectivity index (χ1n) is 8.46. The van der Waals surface area contributed by atoms with Gasteiger partial charge in [-0.15, -0.1) is 0 Å². The predicted molar refractivity (Wildman–Crippen MR) is 88.5 cm³/mol. The van der Waals surface area contributed by atoms with Crippen LogP contribution in [0.25, 0.3) is 0 Å². The number of hydrogen-bond acceptors (Lipinski definition) is 4. The van der Waals surface area contributed by atoms with Crippen LogP contribution in [0.3, 0.4) is 0 Å². The largest absolute Gasteiger partial charge is 0.481 e. The normalized spacial score (nSPS) is 20.2. The minimum atomic E-state index is -0.841. The molecule has 0 aliphatic heterocycles. The highest BCUT2D eigenvalue weighted by Gasteiger charge is 2.34. The fourth-order valence-electron chi connectivity index (χ4n) is 3.01. The molecule has 1 aromatic carbocycles. The van der Waals surface area contributed by atoms with Crippen LogP contribution in [-0.4, -0.2) is 28.7 Å². The zero-order valence-electron chi connectivity index (χ0n) is 13.8. The number of hydrogen-bond donors (Lipinski definition) is 1. The van der Waals surface area contributed by atoms with Gasteiger partial charge in [0.2, 0.25) is 0 Å². The summed E-state index contributed by atoms with van der Waals surface area (Å²) in [6.07, 6.45) is 2.65. The van der Waals surface area contributed by atoms with E-state index in [4.69, 9.17) is 9.84 Å². The van der Waals surface area contributed by atoms with E-state index in [1.165, 1.54) is 0 Å². The van der Waals surface area contributed by atoms with Crippen LogP contribution in [-0.2, 0) is 25.7 Å². The molecule has 1 fully saturated rings. The molecular weight excluding hydrogens is 308 g/mol. The molecule has 2 rings (SSSR count). The van der Waals surface area contributed by atoms with E-state index >= 15 is 0 Å². The van der Waals surface area contributed by atoms with Crippen LogP contribution >= 0.6 is 0 Å². The molecule has 1 N–H and O–H groups in total. The Bertz CT molecular complexity index is 566. The van der Waals surface area contributed by atoms with Gasteiger partial charge in [0.25, 0.3) is 0 Å². The monoisotopic (exact) mass is 332 g/mol. The van der Waals surface area contributed by atoms with Gasteiger partial charge in [0.1, 0.15) is 11.6 Å². The van der Waals surface area contributed by atoms with Gasteiger partial charge in [0, 0.05) is 31.6 Å². The summed E-state index contributed by atoms with van der Waals surface area (Å²) in [5.74, 6) is -0.932. The van der Waals surface area contributed by atoms with Crippen molar-refractivity contribution in [3.8, 4) is 0 Å². The molecule has 24 heavy (non-hydrogen) atoms. The number of ether oxygens (including phenoxy) is 1. The molecule has 0 spiro atoms. The zero-order valence-corrected chi connectivity index (χ0v) is 13.8. The molecule has 1 saturated carbocycles. The highest BCUT2D eigenvalue weighted by atomic mass is 16.5. The summed E-state index contributed by atoms with van der Waals surface area (Å²) in [6, 6.07) is 9.80. The van der Waals surface area contributed by atoms with Crippen LogP contribution in [0.5, 0.6) is 0 Å². The summed E-state index contributed by atoms with van der Waals surface area (Å²) in [6.45, 7) is 0.481. The van der Waals surface area contributed by atoms with Gasteiger partial charge in [-0.1, -0.05) is 30.3 Å². The predicted octanol–water partition coefficient (Wildman–Crippen LogP) is 3.16. The Kier molecular flexibility index (Phi) is 7.12. The van der Waals surface area contributed by atoms with Crippen molar-refractivity contribution >= 4 is 17.5 Å². The Morgan fingerprint density at radius 1 is 1.12 bits per heavy atom. The molecular formula is C19H24O5. The molecule has 0 unspecified atom stereocenters. The Hall–Kier alpha value is -2.01. The van der Waals surface area contributed by atoms with Gasteiger partial charge in [-0.2, -0.15) is 0 Å². The standard InChI is InChI=1S/C19H24O5/c20-16(8-4-5-9-19(22)23)10-15-11-17(12-18(15)21)24-13-14-6-2-1-3-7-14/h1-3,6-7,15,17H,4-5,8-13H2,(H,22,23)/t15-,17+/m1/s1. The van der Waals surface area contributed by atoms with Crippen molar-refractivity contribution in [1.82, 2.24) is 0 Å². The maximum Gasteiger partial charge on any atom is 0.303 e. The van der Waals surface area contributed by atoms with Crippen molar-refractivity contribution in [3.63, 3.8) is 0 Å². The van der Waals surface area contributed by atoms with Gasteiger partial charge < -0.3 is 9.84 Å². The van der Waals surface area contributed by atoms with Crippen LogP contribution in [0.4, 0.5) is 0 Å². The van der Waals surface area contributed by atoms with Gasteiger partial charge >= 0.3 is 5.97 Å². The molecule has 2 atom stereocenters. The van der Waals surface area contributed by atoms with Crippen molar-refractivity contribution in [3.05, 3.63) is 35.9 Å². The van der Waals surface area contributed by atoms with Gasteiger partial charge in [-0.3, -0.25) is 14.4 Å². The van der Waals surface area contributed by atoms with E-state index in [9.17, 15) is 14.4 Å². The second-order valence-corrected chi connectivity index (χ2v) is 6.37. The third-order valence-corrected chi connectivity index (χ3v) is 4.33. The number of aliphatic carboxylic acids is 1. The summed E-state index contributed by atoms with van der Waals surface area (Å²) in [5.41, 5.74) is 1.07. The van der Waals surface area contributed by atoms with Crippen LogP contribution < -0.4 is 0 Å². The first-order chi connectivity index (χ1) is 11.5.